The van der Waals surface area contributed by atoms with E-state index in [1.54, 1.807) is 11.2 Å². The second-order valence-corrected chi connectivity index (χ2v) is 6.94. The molecule has 0 aromatic carbocycles. The largest absolute Gasteiger partial charge is 0.332 e. The molecular formula is C11H18N4O2S. The molecule has 2 saturated heterocycles. The summed E-state index contributed by atoms with van der Waals surface area (Å²) in [6.45, 7) is 4.06. The highest BCUT2D eigenvalue weighted by molar-refractivity contribution is 7.89. The van der Waals surface area contributed by atoms with Crippen LogP contribution >= 0.6 is 0 Å². The summed E-state index contributed by atoms with van der Waals surface area (Å²) in [6.07, 6.45) is 3.47. The van der Waals surface area contributed by atoms with Gasteiger partial charge in [0.25, 0.3) is 10.0 Å². The number of imidazole rings is 1. The summed E-state index contributed by atoms with van der Waals surface area (Å²) >= 11 is 0. The van der Waals surface area contributed by atoms with Gasteiger partial charge < -0.3 is 10.3 Å². The van der Waals surface area contributed by atoms with Crippen LogP contribution in [0.4, 0.5) is 0 Å². The van der Waals surface area contributed by atoms with E-state index < -0.39 is 10.0 Å². The molecular weight excluding hydrogens is 252 g/mol. The zero-order chi connectivity index (χ0) is 12.8. The van der Waals surface area contributed by atoms with Gasteiger partial charge in [-0.2, -0.15) is 4.31 Å². The van der Waals surface area contributed by atoms with Gasteiger partial charge in [-0.15, -0.1) is 0 Å². The third kappa shape index (κ3) is 1.86. The van der Waals surface area contributed by atoms with Gasteiger partial charge in [0.1, 0.15) is 5.82 Å². The van der Waals surface area contributed by atoms with Gasteiger partial charge >= 0.3 is 0 Å². The normalized spacial score (nSPS) is 29.4. The molecule has 0 radical (unpaired) electrons. The number of hydrogen-bond acceptors (Lipinski definition) is 4. The molecule has 3 rings (SSSR count). The standard InChI is InChI=1S/C11H18N4O2S/c1-8-13-7-11(14-8)18(16,17)15-4-2-3-9-5-12-6-10(9)15/h7,9-10,12H,2-6H2,1H3,(H,13,14). The van der Waals surface area contributed by atoms with Crippen LogP contribution in [0.25, 0.3) is 0 Å². The van der Waals surface area contributed by atoms with E-state index >= 15 is 0 Å². The zero-order valence-electron chi connectivity index (χ0n) is 10.4. The van der Waals surface area contributed by atoms with Crippen molar-refractivity contribution in [1.29, 1.82) is 0 Å². The molecule has 1 aromatic rings. The van der Waals surface area contributed by atoms with E-state index in [0.29, 0.717) is 18.3 Å². The lowest BCUT2D eigenvalue weighted by Gasteiger charge is -2.35. The maximum atomic E-state index is 12.6. The minimum Gasteiger partial charge on any atom is -0.332 e. The molecule has 2 unspecified atom stereocenters. The van der Waals surface area contributed by atoms with E-state index in [9.17, 15) is 8.42 Å². The first kappa shape index (κ1) is 12.1. The second-order valence-electron chi connectivity index (χ2n) is 5.08. The number of hydrogen-bond donors (Lipinski definition) is 2. The fourth-order valence-corrected chi connectivity index (χ4v) is 4.67. The molecule has 2 N–H and O–H groups in total. The van der Waals surface area contributed by atoms with Crippen molar-refractivity contribution in [1.82, 2.24) is 19.6 Å². The number of rotatable bonds is 2. The molecule has 6 nitrogen and oxygen atoms in total. The monoisotopic (exact) mass is 270 g/mol. The summed E-state index contributed by atoms with van der Waals surface area (Å²) in [4.78, 5) is 6.82. The Hall–Kier alpha value is -0.920. The lowest BCUT2D eigenvalue weighted by molar-refractivity contribution is 0.217. The smallest absolute Gasteiger partial charge is 0.260 e. The van der Waals surface area contributed by atoms with Crippen molar-refractivity contribution >= 4 is 10.0 Å². The van der Waals surface area contributed by atoms with Crippen LogP contribution in [-0.2, 0) is 10.0 Å². The minimum atomic E-state index is -3.42. The molecule has 0 saturated carbocycles. The summed E-state index contributed by atoms with van der Waals surface area (Å²) in [5, 5.41) is 3.51. The molecule has 2 aliphatic rings. The Bertz CT molecular complexity index is 539. The Morgan fingerprint density at radius 3 is 3.00 bits per heavy atom. The van der Waals surface area contributed by atoms with Gasteiger partial charge in [0.15, 0.2) is 5.03 Å². The lowest BCUT2D eigenvalue weighted by atomic mass is 9.94. The number of aryl methyl sites for hydroxylation is 1. The molecule has 0 bridgehead atoms. The van der Waals surface area contributed by atoms with Gasteiger partial charge in [-0.05, 0) is 32.2 Å². The molecule has 7 heteroatoms. The van der Waals surface area contributed by atoms with Crippen LogP contribution < -0.4 is 5.32 Å². The number of nitrogens with one attached hydrogen (secondary N) is 2. The third-order valence-electron chi connectivity index (χ3n) is 3.89. The van der Waals surface area contributed by atoms with E-state index in [4.69, 9.17) is 0 Å². The Morgan fingerprint density at radius 2 is 2.28 bits per heavy atom. The van der Waals surface area contributed by atoms with Crippen LogP contribution in [-0.4, -0.2) is 48.4 Å². The number of H-pyrrole nitrogens is 1. The molecule has 18 heavy (non-hydrogen) atoms. The second kappa shape index (κ2) is 4.32. The van der Waals surface area contributed by atoms with E-state index in [0.717, 1.165) is 25.9 Å². The lowest BCUT2D eigenvalue weighted by Crippen LogP contribution is -2.48. The minimum absolute atomic E-state index is 0.104. The molecule has 100 valence electrons. The predicted molar refractivity (Wildman–Crippen MR) is 66.6 cm³/mol. The molecule has 0 amide bonds. The van der Waals surface area contributed by atoms with Gasteiger partial charge in [-0.1, -0.05) is 0 Å². The van der Waals surface area contributed by atoms with Crippen LogP contribution in [0.2, 0.25) is 0 Å². The fraction of sp³-hybridized carbons (Fsp3) is 0.727. The van der Waals surface area contributed by atoms with E-state index in [2.05, 4.69) is 15.3 Å². The number of aromatic amines is 1. The Balaban J connectivity index is 1.93. The fourth-order valence-electron chi connectivity index (χ4n) is 2.98. The zero-order valence-corrected chi connectivity index (χ0v) is 11.2. The third-order valence-corrected chi connectivity index (χ3v) is 5.73. The number of piperidine rings is 1. The van der Waals surface area contributed by atoms with E-state index in [1.807, 2.05) is 0 Å². The first-order valence-electron chi connectivity index (χ1n) is 6.33. The predicted octanol–water partition coefficient (Wildman–Crippen LogP) is 0.0906. The molecule has 2 atom stereocenters. The van der Waals surface area contributed by atoms with Crippen LogP contribution in [0.1, 0.15) is 18.7 Å². The van der Waals surface area contributed by atoms with E-state index in [1.165, 1.54) is 6.20 Å². The van der Waals surface area contributed by atoms with Gasteiger partial charge in [-0.3, -0.25) is 0 Å². The highest BCUT2D eigenvalue weighted by Crippen LogP contribution is 2.30. The molecule has 1 aromatic heterocycles. The highest BCUT2D eigenvalue weighted by atomic mass is 32.2. The van der Waals surface area contributed by atoms with Crippen LogP contribution in [0, 0.1) is 12.8 Å². The van der Waals surface area contributed by atoms with Crippen molar-refractivity contribution in [3.63, 3.8) is 0 Å². The number of aromatic nitrogens is 2. The van der Waals surface area contributed by atoms with Crippen molar-refractivity contribution in [2.45, 2.75) is 30.8 Å². The molecule has 0 spiro atoms. The van der Waals surface area contributed by atoms with Crippen molar-refractivity contribution in [2.24, 2.45) is 5.92 Å². The van der Waals surface area contributed by atoms with Gasteiger partial charge in [0, 0.05) is 19.1 Å². The van der Waals surface area contributed by atoms with Crippen LogP contribution in [0.15, 0.2) is 11.2 Å². The maximum absolute atomic E-state index is 12.6. The summed E-state index contributed by atoms with van der Waals surface area (Å²) in [5.41, 5.74) is 0. The summed E-state index contributed by atoms with van der Waals surface area (Å²) in [5.74, 6) is 1.09. The highest BCUT2D eigenvalue weighted by Gasteiger charge is 2.41. The molecule has 0 aliphatic carbocycles. The Kier molecular flexibility index (Phi) is 2.91. The van der Waals surface area contributed by atoms with Gasteiger partial charge in [0.2, 0.25) is 0 Å². The Labute approximate surface area is 107 Å². The Morgan fingerprint density at radius 1 is 1.44 bits per heavy atom. The maximum Gasteiger partial charge on any atom is 0.260 e. The summed E-state index contributed by atoms with van der Waals surface area (Å²) in [7, 11) is -3.42. The first-order valence-corrected chi connectivity index (χ1v) is 7.77. The van der Waals surface area contributed by atoms with Gasteiger partial charge in [-0.25, -0.2) is 13.4 Å². The van der Waals surface area contributed by atoms with Crippen molar-refractivity contribution in [3.05, 3.63) is 12.0 Å². The quantitative estimate of drug-likeness (QED) is 0.798. The molecule has 3 heterocycles. The molecule has 2 fully saturated rings. The first-order chi connectivity index (χ1) is 8.59. The van der Waals surface area contributed by atoms with Crippen LogP contribution in [0.3, 0.4) is 0 Å². The summed E-state index contributed by atoms with van der Waals surface area (Å²) < 4.78 is 26.8. The number of fused-ring (bicyclic) bond motifs is 1. The van der Waals surface area contributed by atoms with E-state index in [-0.39, 0.29) is 11.1 Å². The van der Waals surface area contributed by atoms with Crippen molar-refractivity contribution < 1.29 is 8.42 Å². The summed E-state index contributed by atoms with van der Waals surface area (Å²) in [6, 6.07) is 0.104. The average molecular weight is 270 g/mol. The van der Waals surface area contributed by atoms with Gasteiger partial charge in [0.05, 0.1) is 6.20 Å². The number of sulfonamides is 1. The molecule has 2 aliphatic heterocycles. The van der Waals surface area contributed by atoms with Crippen molar-refractivity contribution in [3.8, 4) is 0 Å². The number of nitrogens with zero attached hydrogens (tertiary/aromatic N) is 2. The van der Waals surface area contributed by atoms with Crippen LogP contribution in [0.5, 0.6) is 0 Å². The van der Waals surface area contributed by atoms with Crippen molar-refractivity contribution in [2.75, 3.05) is 19.6 Å². The topological polar surface area (TPSA) is 78.1 Å². The SMILES string of the molecule is Cc1ncc(S(=O)(=O)N2CCCC3CNCC32)[nH]1. The average Bonchev–Trinajstić information content (AvgIpc) is 2.96.